The third-order valence-electron chi connectivity index (χ3n) is 7.15. The zero-order chi connectivity index (χ0) is 28.4. The zero-order valence-electron chi connectivity index (χ0n) is 23.7. The summed E-state index contributed by atoms with van der Waals surface area (Å²) in [6, 6.07) is 8.17. The number of benzene rings is 1. The number of rotatable bonds is 8. The fourth-order valence-corrected chi connectivity index (χ4v) is 5.04. The highest BCUT2D eigenvalue weighted by Gasteiger charge is 2.29. The Labute approximate surface area is 233 Å². The molecule has 2 N–H and O–H groups in total. The molecule has 11 heteroatoms. The number of β-amino-alcohol motifs (C(OH)–C–C–N with tert-alkyl or cyclic N) is 1. The van der Waals surface area contributed by atoms with Crippen LogP contribution in [0, 0.1) is 6.92 Å². The molecule has 210 valence electrons. The van der Waals surface area contributed by atoms with E-state index in [9.17, 15) is 9.90 Å². The minimum atomic E-state index is -0.325. The van der Waals surface area contributed by atoms with Crippen molar-refractivity contribution in [1.82, 2.24) is 34.8 Å². The van der Waals surface area contributed by atoms with Gasteiger partial charge in [-0.1, -0.05) is 38.1 Å². The highest BCUT2D eigenvalue weighted by Crippen LogP contribution is 2.35. The van der Waals surface area contributed by atoms with Crippen molar-refractivity contribution in [2.45, 2.75) is 58.4 Å². The van der Waals surface area contributed by atoms with Gasteiger partial charge in [0.15, 0.2) is 0 Å². The lowest BCUT2D eigenvalue weighted by Crippen LogP contribution is -2.26. The maximum Gasteiger partial charge on any atom is 0.238 e. The van der Waals surface area contributed by atoms with Crippen LogP contribution in [-0.2, 0) is 19.0 Å². The van der Waals surface area contributed by atoms with Crippen molar-refractivity contribution in [2.24, 2.45) is 7.05 Å². The first kappa shape index (κ1) is 27.6. The largest absolute Gasteiger partial charge is 0.395 e. The number of fused-ring (bicyclic) bond motifs is 1. The van der Waals surface area contributed by atoms with E-state index in [0.717, 1.165) is 46.7 Å². The number of carbonyl (C=O) groups excluding carboxylic acids is 1. The normalized spacial score (nSPS) is 16.0. The van der Waals surface area contributed by atoms with Gasteiger partial charge in [0.2, 0.25) is 23.4 Å². The van der Waals surface area contributed by atoms with E-state index >= 15 is 0 Å². The quantitative estimate of drug-likeness (QED) is 0.311. The molecule has 1 aliphatic heterocycles. The number of aliphatic hydroxyl groups is 1. The SMILES string of the molecule is Cc1nn(C)cc1Nc1nccc(-c2ccc3c(c2)CN(CCO)CC[C@H]3CC(=O)c2noc(C(C)(C)C)n2)n1. The molecule has 0 bridgehead atoms. The average Bonchev–Trinajstić information content (AvgIpc) is 3.49. The molecule has 1 aromatic carbocycles. The Morgan fingerprint density at radius 2 is 2.05 bits per heavy atom. The first-order chi connectivity index (χ1) is 19.1. The summed E-state index contributed by atoms with van der Waals surface area (Å²) >= 11 is 0. The van der Waals surface area contributed by atoms with Gasteiger partial charge in [-0.05, 0) is 49.1 Å². The molecule has 1 aliphatic rings. The van der Waals surface area contributed by atoms with Crippen molar-refractivity contribution >= 4 is 17.4 Å². The third kappa shape index (κ3) is 6.10. The molecule has 3 aromatic heterocycles. The van der Waals surface area contributed by atoms with Crippen molar-refractivity contribution < 1.29 is 14.4 Å². The van der Waals surface area contributed by atoms with Crippen molar-refractivity contribution in [3.8, 4) is 11.3 Å². The fourth-order valence-electron chi connectivity index (χ4n) is 5.04. The molecule has 0 aliphatic carbocycles. The molecule has 0 saturated heterocycles. The van der Waals surface area contributed by atoms with E-state index in [-0.39, 0.29) is 36.0 Å². The molecule has 0 fully saturated rings. The fraction of sp³-hybridized carbons (Fsp3) is 0.448. The van der Waals surface area contributed by atoms with Crippen LogP contribution in [0.1, 0.15) is 72.9 Å². The highest BCUT2D eigenvalue weighted by molar-refractivity contribution is 5.93. The van der Waals surface area contributed by atoms with E-state index in [1.165, 1.54) is 0 Å². The Balaban J connectivity index is 1.42. The summed E-state index contributed by atoms with van der Waals surface area (Å²) in [5.41, 5.74) is 5.36. The second-order valence-electron chi connectivity index (χ2n) is 11.4. The number of hydrogen-bond donors (Lipinski definition) is 2. The van der Waals surface area contributed by atoms with Crippen LogP contribution in [0.5, 0.6) is 0 Å². The van der Waals surface area contributed by atoms with Gasteiger partial charge in [-0.2, -0.15) is 10.1 Å². The maximum atomic E-state index is 13.2. The lowest BCUT2D eigenvalue weighted by molar-refractivity contribution is 0.0957. The van der Waals surface area contributed by atoms with E-state index in [2.05, 4.69) is 42.6 Å². The summed E-state index contributed by atoms with van der Waals surface area (Å²) in [5, 5.41) is 21.2. The van der Waals surface area contributed by atoms with Gasteiger partial charge in [0, 0.05) is 49.9 Å². The number of aromatic nitrogens is 6. The van der Waals surface area contributed by atoms with Crippen LogP contribution in [0.25, 0.3) is 11.3 Å². The van der Waals surface area contributed by atoms with Gasteiger partial charge >= 0.3 is 0 Å². The van der Waals surface area contributed by atoms with Gasteiger partial charge in [0.25, 0.3) is 0 Å². The van der Waals surface area contributed by atoms with Gasteiger partial charge in [0.1, 0.15) is 0 Å². The number of anilines is 2. The van der Waals surface area contributed by atoms with Crippen LogP contribution >= 0.6 is 0 Å². The van der Waals surface area contributed by atoms with Crippen LogP contribution in [-0.4, -0.2) is 65.4 Å². The number of nitrogens with one attached hydrogen (secondary N) is 1. The molecule has 5 rings (SSSR count). The van der Waals surface area contributed by atoms with E-state index in [0.29, 0.717) is 24.9 Å². The Kier molecular flexibility index (Phi) is 7.77. The number of hydrogen-bond acceptors (Lipinski definition) is 10. The van der Waals surface area contributed by atoms with Crippen LogP contribution in [0.3, 0.4) is 0 Å². The Morgan fingerprint density at radius 3 is 2.75 bits per heavy atom. The molecule has 0 amide bonds. The number of aliphatic hydroxyl groups excluding tert-OH is 1. The predicted octanol–water partition coefficient (Wildman–Crippen LogP) is 4.16. The molecule has 4 aromatic rings. The second kappa shape index (κ2) is 11.3. The van der Waals surface area contributed by atoms with Gasteiger partial charge in [0.05, 0.1) is 23.7 Å². The van der Waals surface area contributed by atoms with E-state index < -0.39 is 0 Å². The van der Waals surface area contributed by atoms with Crippen molar-refractivity contribution in [1.29, 1.82) is 0 Å². The van der Waals surface area contributed by atoms with Crippen molar-refractivity contribution in [3.63, 3.8) is 0 Å². The van der Waals surface area contributed by atoms with E-state index in [1.54, 1.807) is 10.9 Å². The minimum Gasteiger partial charge on any atom is -0.395 e. The monoisotopic (exact) mass is 544 g/mol. The number of carbonyl (C=O) groups is 1. The summed E-state index contributed by atoms with van der Waals surface area (Å²) in [6.45, 7) is 9.94. The number of nitrogens with zero attached hydrogens (tertiary/aromatic N) is 7. The molecule has 0 unspecified atom stereocenters. The van der Waals surface area contributed by atoms with Crippen LogP contribution in [0.15, 0.2) is 41.2 Å². The summed E-state index contributed by atoms with van der Waals surface area (Å²) in [6.07, 6.45) is 4.70. The lowest BCUT2D eigenvalue weighted by atomic mass is 9.87. The molecule has 40 heavy (non-hydrogen) atoms. The Hall–Kier alpha value is -3.96. The van der Waals surface area contributed by atoms with Gasteiger partial charge < -0.3 is 14.9 Å². The zero-order valence-corrected chi connectivity index (χ0v) is 23.7. The van der Waals surface area contributed by atoms with Crippen LogP contribution in [0.2, 0.25) is 0 Å². The van der Waals surface area contributed by atoms with Gasteiger partial charge in [-0.25, -0.2) is 9.97 Å². The second-order valence-corrected chi connectivity index (χ2v) is 11.4. The number of aryl methyl sites for hydroxylation is 2. The summed E-state index contributed by atoms with van der Waals surface area (Å²) in [7, 11) is 1.87. The van der Waals surface area contributed by atoms with Crippen LogP contribution < -0.4 is 5.32 Å². The van der Waals surface area contributed by atoms with Gasteiger partial charge in [-0.3, -0.25) is 14.4 Å². The molecule has 1 atom stereocenters. The topological polar surface area (TPSA) is 135 Å². The number of Topliss-reactive ketones (excluding diaryl/α,β-unsaturated/α-hetero) is 1. The minimum absolute atomic E-state index is 0.00647. The third-order valence-corrected chi connectivity index (χ3v) is 7.15. The number of ketones is 1. The molecule has 11 nitrogen and oxygen atoms in total. The molecular formula is C29H36N8O3. The summed E-state index contributed by atoms with van der Waals surface area (Å²) < 4.78 is 7.11. The molecule has 0 radical (unpaired) electrons. The van der Waals surface area contributed by atoms with Gasteiger partial charge in [-0.15, -0.1) is 0 Å². The first-order valence-electron chi connectivity index (χ1n) is 13.5. The first-order valence-corrected chi connectivity index (χ1v) is 13.5. The molecule has 0 saturated carbocycles. The van der Waals surface area contributed by atoms with E-state index in [1.807, 2.05) is 53.1 Å². The average molecular weight is 545 g/mol. The molecule has 4 heterocycles. The lowest BCUT2D eigenvalue weighted by Gasteiger charge is -2.19. The Morgan fingerprint density at radius 1 is 1.23 bits per heavy atom. The van der Waals surface area contributed by atoms with Crippen LogP contribution in [0.4, 0.5) is 11.6 Å². The predicted molar refractivity (Wildman–Crippen MR) is 150 cm³/mol. The molecular weight excluding hydrogens is 508 g/mol. The highest BCUT2D eigenvalue weighted by atomic mass is 16.5. The summed E-state index contributed by atoms with van der Waals surface area (Å²) in [4.78, 5) is 28.9. The smallest absolute Gasteiger partial charge is 0.238 e. The molecule has 0 spiro atoms. The van der Waals surface area contributed by atoms with E-state index in [4.69, 9.17) is 9.51 Å². The Bertz CT molecular complexity index is 1500. The van der Waals surface area contributed by atoms with Crippen molar-refractivity contribution in [2.75, 3.05) is 25.0 Å². The van der Waals surface area contributed by atoms with Crippen molar-refractivity contribution in [3.05, 3.63) is 65.2 Å². The maximum absolute atomic E-state index is 13.2. The standard InChI is InChI=1S/C29H36N8O3/c1-18-24(17-36(5)34-18)32-28-30-10-8-23(31-28)20-6-7-22-19(9-11-37(12-13-38)16-21(22)14-20)15-25(39)26-33-27(40-35-26)29(2,3)4/h6-8,10,14,17,19,38H,9,11-13,15-16H2,1-5H3,(H,30,31,32)/t19-/m0/s1. The summed E-state index contributed by atoms with van der Waals surface area (Å²) in [5.74, 6) is 0.932.